The fourth-order valence-corrected chi connectivity index (χ4v) is 3.50. The van der Waals surface area contributed by atoms with Crippen LogP contribution in [0.15, 0.2) is 47.3 Å². The molecule has 0 saturated carbocycles. The van der Waals surface area contributed by atoms with Crippen molar-refractivity contribution in [2.75, 3.05) is 11.4 Å². The van der Waals surface area contributed by atoms with Gasteiger partial charge in [0, 0.05) is 44.0 Å². The van der Waals surface area contributed by atoms with Gasteiger partial charge in [0.05, 0.1) is 11.9 Å². The molecule has 3 aromatic rings. The van der Waals surface area contributed by atoms with E-state index in [1.165, 1.54) is 6.39 Å². The highest BCUT2D eigenvalue weighted by molar-refractivity contribution is 5.95. The number of aryl methyl sites for hydroxylation is 2. The zero-order valence-electron chi connectivity index (χ0n) is 15.8. The minimum absolute atomic E-state index is 0.0186. The maximum Gasteiger partial charge on any atom is 0.228 e. The van der Waals surface area contributed by atoms with Crippen molar-refractivity contribution in [3.8, 4) is 11.3 Å². The lowest BCUT2D eigenvalue weighted by atomic mass is 10.0. The molecule has 1 aliphatic heterocycles. The van der Waals surface area contributed by atoms with Crippen molar-refractivity contribution in [2.45, 2.75) is 39.2 Å². The Kier molecular flexibility index (Phi) is 5.06. The number of carbonyl (C=O) groups excluding carboxylic acids is 2. The van der Waals surface area contributed by atoms with E-state index in [0.717, 1.165) is 35.6 Å². The summed E-state index contributed by atoms with van der Waals surface area (Å²) in [6.07, 6.45) is 4.71. The number of carbonyl (C=O) groups is 2. The quantitative estimate of drug-likeness (QED) is 0.658. The van der Waals surface area contributed by atoms with Gasteiger partial charge in [0.1, 0.15) is 11.6 Å². The summed E-state index contributed by atoms with van der Waals surface area (Å²) in [6, 6.07) is 9.55. The van der Waals surface area contributed by atoms with Crippen LogP contribution >= 0.6 is 0 Å². The van der Waals surface area contributed by atoms with Gasteiger partial charge in [-0.15, -0.1) is 0 Å². The van der Waals surface area contributed by atoms with Crippen LogP contribution < -0.4 is 4.90 Å². The molecule has 0 saturated heterocycles. The van der Waals surface area contributed by atoms with Crippen molar-refractivity contribution in [1.29, 1.82) is 0 Å². The first-order valence-electron chi connectivity index (χ1n) is 9.44. The zero-order chi connectivity index (χ0) is 19.5. The number of rotatable bonds is 6. The summed E-state index contributed by atoms with van der Waals surface area (Å²) in [5.74, 6) is 1.57. The number of aromatic nitrogens is 3. The normalized spacial score (nSPS) is 13.4. The second-order valence-electron chi connectivity index (χ2n) is 7.04. The number of nitrogens with zero attached hydrogens (tertiary/aromatic N) is 4. The van der Waals surface area contributed by atoms with E-state index in [1.807, 2.05) is 41.9 Å². The number of anilines is 1. The first kappa shape index (κ1) is 18.2. The van der Waals surface area contributed by atoms with Gasteiger partial charge in [-0.3, -0.25) is 14.5 Å². The van der Waals surface area contributed by atoms with Gasteiger partial charge in [0.15, 0.2) is 12.2 Å². The van der Waals surface area contributed by atoms with Crippen molar-refractivity contribution < 1.29 is 14.0 Å². The van der Waals surface area contributed by atoms with Crippen LogP contribution in [0, 0.1) is 6.92 Å². The van der Waals surface area contributed by atoms with E-state index >= 15 is 0 Å². The third-order valence-corrected chi connectivity index (χ3v) is 4.90. The summed E-state index contributed by atoms with van der Waals surface area (Å²) in [6.45, 7) is 3.43. The topological polar surface area (TPSA) is 81.2 Å². The largest absolute Gasteiger partial charge is 0.444 e. The number of ketones is 1. The summed E-state index contributed by atoms with van der Waals surface area (Å²) in [4.78, 5) is 30.6. The second-order valence-corrected chi connectivity index (χ2v) is 7.04. The number of fused-ring (bicyclic) bond motifs is 1. The van der Waals surface area contributed by atoms with Gasteiger partial charge in [-0.25, -0.2) is 9.67 Å². The highest BCUT2D eigenvalue weighted by Crippen LogP contribution is 2.23. The summed E-state index contributed by atoms with van der Waals surface area (Å²) in [5, 5.41) is 4.41. The number of amides is 1. The molecule has 7 nitrogen and oxygen atoms in total. The summed E-state index contributed by atoms with van der Waals surface area (Å²) in [7, 11) is 0. The predicted octanol–water partition coefficient (Wildman–Crippen LogP) is 3.18. The monoisotopic (exact) mass is 378 g/mol. The van der Waals surface area contributed by atoms with Crippen LogP contribution in [0.4, 0.5) is 5.82 Å². The van der Waals surface area contributed by atoms with Crippen LogP contribution in [-0.2, 0) is 22.6 Å². The van der Waals surface area contributed by atoms with Gasteiger partial charge in [0.25, 0.3) is 0 Å². The summed E-state index contributed by atoms with van der Waals surface area (Å²) < 4.78 is 7.13. The molecule has 144 valence electrons. The summed E-state index contributed by atoms with van der Waals surface area (Å²) >= 11 is 0. The molecule has 0 radical (unpaired) electrons. The Bertz CT molecular complexity index is 974. The molecule has 7 heteroatoms. The highest BCUT2D eigenvalue weighted by atomic mass is 16.3. The average molecular weight is 378 g/mol. The molecule has 0 spiro atoms. The third-order valence-electron chi connectivity index (χ3n) is 4.90. The number of benzene rings is 1. The minimum atomic E-state index is -0.0186. The van der Waals surface area contributed by atoms with Gasteiger partial charge < -0.3 is 4.42 Å². The fraction of sp³-hybridized carbons (Fsp3) is 0.333. The smallest absolute Gasteiger partial charge is 0.228 e. The Morgan fingerprint density at radius 2 is 1.96 bits per heavy atom. The molecule has 0 N–H and O–H groups in total. The second kappa shape index (κ2) is 7.80. The molecule has 1 amide bonds. The van der Waals surface area contributed by atoms with E-state index in [4.69, 9.17) is 4.42 Å². The molecule has 0 fully saturated rings. The zero-order valence-corrected chi connectivity index (χ0v) is 15.8. The third kappa shape index (κ3) is 3.88. The Hall–Kier alpha value is -3.22. The van der Waals surface area contributed by atoms with Crippen LogP contribution in [0.2, 0.25) is 0 Å². The van der Waals surface area contributed by atoms with Gasteiger partial charge in [-0.05, 0) is 18.9 Å². The lowest BCUT2D eigenvalue weighted by Gasteiger charge is -2.27. The molecule has 0 aliphatic carbocycles. The van der Waals surface area contributed by atoms with E-state index in [1.54, 1.807) is 11.1 Å². The van der Waals surface area contributed by atoms with E-state index in [9.17, 15) is 9.59 Å². The Morgan fingerprint density at radius 3 is 2.71 bits per heavy atom. The highest BCUT2D eigenvalue weighted by Gasteiger charge is 2.24. The molecule has 0 bridgehead atoms. The molecule has 0 unspecified atom stereocenters. The van der Waals surface area contributed by atoms with Crippen LogP contribution in [0.5, 0.6) is 0 Å². The standard InChI is InChI=1S/C21H22N4O3/c1-15-11-20-24(9-2-10-25(20)23-15)21(27)8-7-18(26)12-16-3-5-17(6-4-16)19-13-22-14-28-19/h3-6,11,13-14H,2,7-10,12H2,1H3. The van der Waals surface area contributed by atoms with Crippen molar-refractivity contribution in [3.05, 3.63) is 54.2 Å². The van der Waals surface area contributed by atoms with E-state index in [0.29, 0.717) is 18.7 Å². The molecule has 1 aliphatic rings. The first-order valence-corrected chi connectivity index (χ1v) is 9.44. The number of oxazole rings is 1. The van der Waals surface area contributed by atoms with Crippen LogP contribution in [0.1, 0.15) is 30.5 Å². The Labute approximate surface area is 163 Å². The van der Waals surface area contributed by atoms with Gasteiger partial charge in [-0.2, -0.15) is 5.10 Å². The van der Waals surface area contributed by atoms with Crippen molar-refractivity contribution >= 4 is 17.5 Å². The molecular weight excluding hydrogens is 356 g/mol. The Morgan fingerprint density at radius 1 is 1.14 bits per heavy atom. The SMILES string of the molecule is Cc1cc2n(n1)CCCN2C(=O)CCC(=O)Cc1ccc(-c2cnco2)cc1. The summed E-state index contributed by atoms with van der Waals surface area (Å²) in [5.41, 5.74) is 2.74. The molecule has 28 heavy (non-hydrogen) atoms. The molecule has 2 aromatic heterocycles. The van der Waals surface area contributed by atoms with Crippen LogP contribution in [0.3, 0.4) is 0 Å². The number of hydrogen-bond donors (Lipinski definition) is 0. The molecule has 1 aromatic carbocycles. The molecule has 4 rings (SSSR count). The predicted molar refractivity (Wildman–Crippen MR) is 104 cm³/mol. The minimum Gasteiger partial charge on any atom is -0.444 e. The fourth-order valence-electron chi connectivity index (χ4n) is 3.50. The lowest BCUT2D eigenvalue weighted by molar-refractivity contribution is -0.123. The number of hydrogen-bond acceptors (Lipinski definition) is 5. The average Bonchev–Trinajstić information content (AvgIpc) is 3.35. The first-order chi connectivity index (χ1) is 13.6. The van der Waals surface area contributed by atoms with E-state index in [2.05, 4.69) is 10.1 Å². The Balaban J connectivity index is 1.32. The van der Waals surface area contributed by atoms with Crippen molar-refractivity contribution in [1.82, 2.24) is 14.8 Å². The molecule has 3 heterocycles. The maximum absolute atomic E-state index is 12.6. The number of Topliss-reactive ketones (excluding diaryl/α,β-unsaturated/α-hetero) is 1. The van der Waals surface area contributed by atoms with E-state index in [-0.39, 0.29) is 24.5 Å². The maximum atomic E-state index is 12.6. The van der Waals surface area contributed by atoms with Crippen molar-refractivity contribution in [3.63, 3.8) is 0 Å². The van der Waals surface area contributed by atoms with E-state index < -0.39 is 0 Å². The van der Waals surface area contributed by atoms with Crippen LogP contribution in [-0.4, -0.2) is 33.0 Å². The molecular formula is C21H22N4O3. The van der Waals surface area contributed by atoms with Gasteiger partial charge in [-0.1, -0.05) is 24.3 Å². The lowest BCUT2D eigenvalue weighted by Crippen LogP contribution is -2.37. The van der Waals surface area contributed by atoms with Crippen molar-refractivity contribution in [2.24, 2.45) is 0 Å². The van der Waals surface area contributed by atoms with Gasteiger partial charge >= 0.3 is 0 Å². The van der Waals surface area contributed by atoms with Crippen LogP contribution in [0.25, 0.3) is 11.3 Å². The van der Waals surface area contributed by atoms with Gasteiger partial charge in [0.2, 0.25) is 5.91 Å². The molecule has 0 atom stereocenters.